The minimum absolute atomic E-state index is 0.0332. The quantitative estimate of drug-likeness (QED) is 0.164. The number of hydrogen-bond donors (Lipinski definition) is 4. The van der Waals surface area contributed by atoms with Crippen molar-refractivity contribution in [2.75, 3.05) is 31.5 Å². The fourth-order valence-electron chi connectivity index (χ4n) is 5.79. The Morgan fingerprint density at radius 3 is 2.13 bits per heavy atom. The van der Waals surface area contributed by atoms with Crippen LogP contribution in [0.15, 0.2) is 85.2 Å². The van der Waals surface area contributed by atoms with Crippen LogP contribution < -0.4 is 25.4 Å². The number of amides is 1. The van der Waals surface area contributed by atoms with E-state index in [-0.39, 0.29) is 18.1 Å². The second-order valence-electron chi connectivity index (χ2n) is 11.4. The maximum atomic E-state index is 14.3. The number of ether oxygens (including phenoxy) is 2. The van der Waals surface area contributed by atoms with Crippen LogP contribution in [-0.2, 0) is 0 Å². The highest BCUT2D eigenvalue weighted by Gasteiger charge is 2.22. The molecule has 234 valence electrons. The van der Waals surface area contributed by atoms with Gasteiger partial charge in [0.1, 0.15) is 30.0 Å². The number of anilines is 1. The summed E-state index contributed by atoms with van der Waals surface area (Å²) in [6, 6.07) is 22.1. The van der Waals surface area contributed by atoms with Crippen LogP contribution in [0.5, 0.6) is 11.5 Å². The van der Waals surface area contributed by atoms with Crippen LogP contribution in [-0.4, -0.2) is 59.5 Å². The molecule has 4 aromatic carbocycles. The van der Waals surface area contributed by atoms with Crippen LogP contribution in [0, 0.1) is 11.6 Å². The second kappa shape index (κ2) is 13.1. The third-order valence-electron chi connectivity index (χ3n) is 8.17. The highest BCUT2D eigenvalue weighted by Crippen LogP contribution is 2.37. The molecule has 5 aromatic rings. The van der Waals surface area contributed by atoms with Gasteiger partial charge in [0.25, 0.3) is 5.91 Å². The molecule has 3 heterocycles. The molecule has 0 radical (unpaired) electrons. The van der Waals surface area contributed by atoms with E-state index >= 15 is 0 Å². The average molecular weight is 623 g/mol. The Bertz CT molecular complexity index is 1850. The van der Waals surface area contributed by atoms with E-state index < -0.39 is 11.6 Å². The molecule has 2 aliphatic heterocycles. The zero-order chi connectivity index (χ0) is 31.5. The summed E-state index contributed by atoms with van der Waals surface area (Å²) in [5.41, 5.74) is 4.32. The van der Waals surface area contributed by atoms with Crippen LogP contribution >= 0.6 is 0 Å². The van der Waals surface area contributed by atoms with E-state index in [4.69, 9.17) is 9.47 Å². The molecule has 1 amide bonds. The highest BCUT2D eigenvalue weighted by atomic mass is 19.2. The van der Waals surface area contributed by atoms with Crippen LogP contribution in [0.4, 0.5) is 14.5 Å². The highest BCUT2D eigenvalue weighted by molar-refractivity contribution is 6.05. The molecule has 4 N–H and O–H groups in total. The van der Waals surface area contributed by atoms with Gasteiger partial charge in [0.05, 0.1) is 0 Å². The number of carbonyl (C=O) groups excluding carboxylic acids is 1. The van der Waals surface area contributed by atoms with Gasteiger partial charge >= 0.3 is 0 Å². The molecule has 46 heavy (non-hydrogen) atoms. The number of nitrogens with zero attached hydrogens (tertiary/aromatic N) is 2. The number of aromatic nitrogens is 3. The summed E-state index contributed by atoms with van der Waals surface area (Å²) in [7, 11) is 0. The Morgan fingerprint density at radius 2 is 1.46 bits per heavy atom. The first kappa shape index (κ1) is 29.6. The third kappa shape index (κ3) is 6.46. The van der Waals surface area contributed by atoms with Crippen molar-refractivity contribution in [1.29, 1.82) is 0 Å². The predicted molar refractivity (Wildman–Crippen MR) is 171 cm³/mol. The van der Waals surface area contributed by atoms with Crippen LogP contribution in [0.25, 0.3) is 33.6 Å². The number of rotatable bonds is 9. The van der Waals surface area contributed by atoms with Gasteiger partial charge in [-0.2, -0.15) is 5.10 Å². The van der Waals surface area contributed by atoms with E-state index in [1.165, 1.54) is 12.4 Å². The number of halogens is 2. The van der Waals surface area contributed by atoms with Gasteiger partial charge < -0.3 is 25.4 Å². The van der Waals surface area contributed by atoms with Crippen molar-refractivity contribution < 1.29 is 23.0 Å². The normalized spacial score (nSPS) is 17.6. The lowest BCUT2D eigenvalue weighted by Crippen LogP contribution is -2.20. The molecule has 9 nitrogen and oxygen atoms in total. The molecular formula is C35H32F2N6O3. The van der Waals surface area contributed by atoms with Crippen molar-refractivity contribution in [3.8, 4) is 45.1 Å². The number of nitrogens with one attached hydrogen (secondary N) is 4. The summed E-state index contributed by atoms with van der Waals surface area (Å²) < 4.78 is 40.7. The van der Waals surface area contributed by atoms with Crippen LogP contribution in [0.3, 0.4) is 0 Å². The summed E-state index contributed by atoms with van der Waals surface area (Å²) in [5, 5.41) is 16.5. The van der Waals surface area contributed by atoms with Crippen molar-refractivity contribution in [3.63, 3.8) is 0 Å². The molecule has 11 heteroatoms. The molecule has 2 fully saturated rings. The van der Waals surface area contributed by atoms with E-state index in [0.29, 0.717) is 46.2 Å². The van der Waals surface area contributed by atoms with E-state index in [9.17, 15) is 13.6 Å². The van der Waals surface area contributed by atoms with Gasteiger partial charge in [-0.25, -0.2) is 13.8 Å². The average Bonchev–Trinajstić information content (AvgIpc) is 3.89. The van der Waals surface area contributed by atoms with E-state index in [0.717, 1.165) is 61.3 Å². The lowest BCUT2D eigenvalue weighted by Gasteiger charge is -2.19. The molecule has 0 saturated carbocycles. The second-order valence-corrected chi connectivity index (χ2v) is 11.4. The van der Waals surface area contributed by atoms with E-state index in [1.807, 2.05) is 36.4 Å². The van der Waals surface area contributed by atoms with E-state index in [2.05, 4.69) is 31.1 Å². The van der Waals surface area contributed by atoms with Crippen molar-refractivity contribution in [1.82, 2.24) is 25.8 Å². The van der Waals surface area contributed by atoms with Crippen molar-refractivity contribution in [2.24, 2.45) is 0 Å². The molecule has 0 aliphatic carbocycles. The minimum Gasteiger partial charge on any atom is -0.488 e. The Labute approximate surface area is 264 Å². The lowest BCUT2D eigenvalue weighted by molar-refractivity contribution is 0.102. The number of benzene rings is 4. The molecule has 2 aliphatic rings. The number of hydrogen-bond acceptors (Lipinski definition) is 7. The molecule has 0 unspecified atom stereocenters. The van der Waals surface area contributed by atoms with Gasteiger partial charge in [-0.15, -0.1) is 0 Å². The van der Waals surface area contributed by atoms with Gasteiger partial charge in [0, 0.05) is 41.0 Å². The van der Waals surface area contributed by atoms with Gasteiger partial charge in [-0.1, -0.05) is 24.3 Å². The summed E-state index contributed by atoms with van der Waals surface area (Å²) >= 11 is 0. The lowest BCUT2D eigenvalue weighted by atomic mass is 10.00. The molecule has 7 rings (SSSR count). The SMILES string of the molecule is O=C(Nc1ccc(O[C@H]2CCNC2)c(-c2cccc(-c3nc[nH]n3)c2)c1)c1ccc(O[C@H]2CCNC2)c(-c2ccc(F)c(F)c2)c1. The van der Waals surface area contributed by atoms with Gasteiger partial charge in [-0.05, 0) is 91.7 Å². The third-order valence-corrected chi connectivity index (χ3v) is 8.17. The van der Waals surface area contributed by atoms with E-state index in [1.54, 1.807) is 24.3 Å². The molecule has 0 bridgehead atoms. The number of H-pyrrole nitrogens is 1. The Balaban J connectivity index is 1.20. The van der Waals surface area contributed by atoms with Gasteiger partial charge in [-0.3, -0.25) is 9.89 Å². The maximum Gasteiger partial charge on any atom is 0.255 e. The fraction of sp³-hybridized carbons (Fsp3) is 0.229. The number of aromatic amines is 1. The van der Waals surface area contributed by atoms with Gasteiger partial charge in [0.2, 0.25) is 0 Å². The van der Waals surface area contributed by atoms with Crippen LogP contribution in [0.2, 0.25) is 0 Å². The fourth-order valence-corrected chi connectivity index (χ4v) is 5.79. The molecule has 2 atom stereocenters. The minimum atomic E-state index is -0.976. The summed E-state index contributed by atoms with van der Waals surface area (Å²) in [6.45, 7) is 3.16. The number of carbonyl (C=O) groups is 1. The summed E-state index contributed by atoms with van der Waals surface area (Å²) in [5.74, 6) is -0.528. The van der Waals surface area contributed by atoms with Gasteiger partial charge in [0.15, 0.2) is 17.5 Å². The van der Waals surface area contributed by atoms with Crippen molar-refractivity contribution in [2.45, 2.75) is 25.0 Å². The zero-order valence-corrected chi connectivity index (χ0v) is 24.9. The summed E-state index contributed by atoms with van der Waals surface area (Å²) in [6.07, 6.45) is 3.21. The molecule has 2 saturated heterocycles. The van der Waals surface area contributed by atoms with Crippen molar-refractivity contribution >= 4 is 11.6 Å². The maximum absolute atomic E-state index is 14.3. The first-order chi connectivity index (χ1) is 22.5. The van der Waals surface area contributed by atoms with Crippen LogP contribution in [0.1, 0.15) is 23.2 Å². The molecule has 1 aromatic heterocycles. The monoisotopic (exact) mass is 622 g/mol. The summed E-state index contributed by atoms with van der Waals surface area (Å²) in [4.78, 5) is 17.9. The predicted octanol–water partition coefficient (Wildman–Crippen LogP) is 5.82. The Hall–Kier alpha value is -5.13. The standard InChI is InChI=1S/C35H32F2N6O3/c36-30-7-4-22(16-31(30)37)28-15-24(5-8-32(28)45-26-10-12-38-18-26)35(44)42-25-6-9-33(46-27-11-13-39-19-27)29(17-25)21-2-1-3-23(14-21)34-40-20-41-43-34/h1-9,14-17,20,26-27,38-39H,10-13,18-19H2,(H,42,44)(H,40,41,43)/t26-,27-/m0/s1. The first-order valence-corrected chi connectivity index (χ1v) is 15.3. The Morgan fingerprint density at radius 1 is 0.761 bits per heavy atom. The van der Waals surface area contributed by atoms with Crippen molar-refractivity contribution in [3.05, 3.63) is 102 Å². The first-order valence-electron chi connectivity index (χ1n) is 15.3. The largest absolute Gasteiger partial charge is 0.488 e. The smallest absolute Gasteiger partial charge is 0.255 e. The molecule has 0 spiro atoms. The molecular weight excluding hydrogens is 590 g/mol. The zero-order valence-electron chi connectivity index (χ0n) is 24.9. The Kier molecular flexibility index (Phi) is 8.41. The topological polar surface area (TPSA) is 113 Å².